The van der Waals surface area contributed by atoms with Crippen LogP contribution < -0.4 is 5.32 Å². The van der Waals surface area contributed by atoms with Gasteiger partial charge in [-0.1, -0.05) is 11.6 Å². The molecule has 4 rings (SSSR count). The molecular formula is C25H26ClNO3S2. The van der Waals surface area contributed by atoms with E-state index in [4.69, 9.17) is 16.3 Å². The number of nitrogens with one attached hydrogen (secondary N) is 1. The van der Waals surface area contributed by atoms with Crippen molar-refractivity contribution >= 4 is 46.5 Å². The van der Waals surface area contributed by atoms with Crippen LogP contribution in [0.1, 0.15) is 54.3 Å². The lowest BCUT2D eigenvalue weighted by atomic mass is 9.78. The van der Waals surface area contributed by atoms with Crippen LogP contribution in [0.4, 0.5) is 0 Å². The van der Waals surface area contributed by atoms with Crippen LogP contribution in [-0.4, -0.2) is 18.4 Å². The van der Waals surface area contributed by atoms with Gasteiger partial charge in [0.2, 0.25) is 0 Å². The third kappa shape index (κ3) is 4.68. The number of rotatable bonds is 6. The molecule has 1 aromatic carbocycles. The molecule has 0 amide bonds. The number of dihydropyridines is 1. The Balaban J connectivity index is 1.69. The van der Waals surface area contributed by atoms with Gasteiger partial charge in [-0.25, -0.2) is 4.79 Å². The molecule has 4 nitrogen and oxygen atoms in total. The zero-order valence-electron chi connectivity index (χ0n) is 18.4. The maximum Gasteiger partial charge on any atom is 0.336 e. The van der Waals surface area contributed by atoms with Crippen LogP contribution in [0.2, 0.25) is 5.02 Å². The first-order chi connectivity index (χ1) is 15.4. The van der Waals surface area contributed by atoms with Crippen molar-refractivity contribution in [1.82, 2.24) is 5.32 Å². The topological polar surface area (TPSA) is 55.4 Å². The van der Waals surface area contributed by atoms with Crippen LogP contribution in [0.15, 0.2) is 57.8 Å². The normalized spacial score (nSPS) is 18.5. The van der Waals surface area contributed by atoms with Gasteiger partial charge >= 0.3 is 5.97 Å². The Morgan fingerprint density at radius 3 is 2.72 bits per heavy atom. The molecule has 1 atom stereocenters. The Kier molecular flexibility index (Phi) is 7.13. The second kappa shape index (κ2) is 9.86. The number of benzene rings is 1. The van der Waals surface area contributed by atoms with E-state index in [1.807, 2.05) is 31.2 Å². The lowest BCUT2D eigenvalue weighted by Crippen LogP contribution is -2.34. The quantitative estimate of drug-likeness (QED) is 0.370. The molecule has 2 aliphatic rings. The van der Waals surface area contributed by atoms with Crippen molar-refractivity contribution in [2.24, 2.45) is 0 Å². The smallest absolute Gasteiger partial charge is 0.336 e. The average Bonchev–Trinajstić information content (AvgIpc) is 3.13. The number of hydrogen-bond donors (Lipinski definition) is 1. The van der Waals surface area contributed by atoms with E-state index in [0.717, 1.165) is 50.4 Å². The average molecular weight is 488 g/mol. The molecule has 32 heavy (non-hydrogen) atoms. The van der Waals surface area contributed by atoms with Gasteiger partial charge in [0.05, 0.1) is 18.1 Å². The number of carbonyl (C=O) groups is 2. The van der Waals surface area contributed by atoms with Gasteiger partial charge in [0, 0.05) is 48.8 Å². The summed E-state index contributed by atoms with van der Waals surface area (Å²) in [6.07, 6.45) is 2.19. The molecule has 0 unspecified atom stereocenters. The van der Waals surface area contributed by atoms with Crippen LogP contribution in [-0.2, 0) is 20.1 Å². The second-order valence-electron chi connectivity index (χ2n) is 7.96. The van der Waals surface area contributed by atoms with Gasteiger partial charge in [-0.05, 0) is 69.5 Å². The Morgan fingerprint density at radius 2 is 2.00 bits per heavy atom. The summed E-state index contributed by atoms with van der Waals surface area (Å²) in [4.78, 5) is 29.3. The molecule has 0 fully saturated rings. The minimum absolute atomic E-state index is 0.126. The minimum Gasteiger partial charge on any atom is -0.463 e. The van der Waals surface area contributed by atoms with E-state index < -0.39 is 0 Å². The van der Waals surface area contributed by atoms with Crippen molar-refractivity contribution in [3.05, 3.63) is 73.2 Å². The Morgan fingerprint density at radius 1 is 1.25 bits per heavy atom. The maximum atomic E-state index is 13.0. The van der Waals surface area contributed by atoms with Gasteiger partial charge in [-0.15, -0.1) is 23.1 Å². The van der Waals surface area contributed by atoms with Crippen molar-refractivity contribution in [3.8, 4) is 0 Å². The third-order valence-corrected chi connectivity index (χ3v) is 8.27. The largest absolute Gasteiger partial charge is 0.463 e. The van der Waals surface area contributed by atoms with E-state index in [0.29, 0.717) is 18.6 Å². The van der Waals surface area contributed by atoms with E-state index in [1.165, 1.54) is 10.4 Å². The molecule has 0 bridgehead atoms. The minimum atomic E-state index is -0.365. The summed E-state index contributed by atoms with van der Waals surface area (Å²) >= 11 is 9.41. The SMILES string of the molecule is CCOC(=O)C1=C(C)NC2=C(C(=O)CCC2)[C@@H]1c1cc(CSc2ccc(Cl)cc2)c(C)s1. The number of Topliss-reactive ketones (excluding diaryl/α,β-unsaturated/α-hetero) is 1. The highest BCUT2D eigenvalue weighted by Gasteiger charge is 2.40. The summed E-state index contributed by atoms with van der Waals surface area (Å²) in [5.41, 5.74) is 4.25. The summed E-state index contributed by atoms with van der Waals surface area (Å²) in [6, 6.07) is 9.99. The fraction of sp³-hybridized carbons (Fsp3) is 0.360. The van der Waals surface area contributed by atoms with E-state index in [1.54, 1.807) is 30.0 Å². The molecule has 168 valence electrons. The second-order valence-corrected chi connectivity index (χ2v) is 10.7. The first-order valence-corrected chi connectivity index (χ1v) is 13.0. The van der Waals surface area contributed by atoms with Gasteiger partial charge in [-0.3, -0.25) is 4.79 Å². The fourth-order valence-corrected chi connectivity index (χ4v) is 6.61. The first kappa shape index (κ1) is 23.1. The van der Waals surface area contributed by atoms with Crippen LogP contribution in [0.25, 0.3) is 0 Å². The lowest BCUT2D eigenvalue weighted by Gasteiger charge is -2.33. The van der Waals surface area contributed by atoms with Crippen molar-refractivity contribution in [1.29, 1.82) is 0 Å². The number of aryl methyl sites for hydroxylation is 1. The molecule has 1 N–H and O–H groups in total. The number of hydrogen-bond acceptors (Lipinski definition) is 6. The molecule has 0 saturated heterocycles. The van der Waals surface area contributed by atoms with Gasteiger partial charge in [0.1, 0.15) is 0 Å². The molecule has 1 aliphatic carbocycles. The van der Waals surface area contributed by atoms with E-state index in [9.17, 15) is 9.59 Å². The summed E-state index contributed by atoms with van der Waals surface area (Å²) in [5, 5.41) is 4.06. The summed E-state index contributed by atoms with van der Waals surface area (Å²) in [7, 11) is 0. The molecule has 0 radical (unpaired) electrons. The highest BCUT2D eigenvalue weighted by atomic mass is 35.5. The van der Waals surface area contributed by atoms with Gasteiger partial charge in [-0.2, -0.15) is 0 Å². The summed E-state index contributed by atoms with van der Waals surface area (Å²) < 4.78 is 5.39. The summed E-state index contributed by atoms with van der Waals surface area (Å²) in [6.45, 7) is 6.11. The van der Waals surface area contributed by atoms with Gasteiger partial charge in [0.25, 0.3) is 0 Å². The Bertz CT molecular complexity index is 1110. The maximum absolute atomic E-state index is 13.0. The molecule has 1 aromatic heterocycles. The van der Waals surface area contributed by atoms with E-state index >= 15 is 0 Å². The number of thioether (sulfide) groups is 1. The molecule has 2 aromatic rings. The van der Waals surface area contributed by atoms with Crippen LogP contribution in [0.3, 0.4) is 0 Å². The van der Waals surface area contributed by atoms with Gasteiger partial charge < -0.3 is 10.1 Å². The number of carbonyl (C=O) groups excluding carboxylic acids is 2. The van der Waals surface area contributed by atoms with E-state index in [2.05, 4.69) is 18.3 Å². The van der Waals surface area contributed by atoms with E-state index in [-0.39, 0.29) is 17.7 Å². The lowest BCUT2D eigenvalue weighted by molar-refractivity contribution is -0.138. The van der Waals surface area contributed by atoms with Crippen molar-refractivity contribution < 1.29 is 14.3 Å². The first-order valence-electron chi connectivity index (χ1n) is 10.8. The van der Waals surface area contributed by atoms with Gasteiger partial charge in [0.15, 0.2) is 5.78 Å². The fourth-order valence-electron chi connectivity index (χ4n) is 4.27. The predicted molar refractivity (Wildman–Crippen MR) is 131 cm³/mol. The van der Waals surface area contributed by atoms with Crippen molar-refractivity contribution in [2.45, 2.75) is 56.6 Å². The standard InChI is InChI=1S/C25H26ClNO3S2/c1-4-30-25(29)22-14(2)27-19-6-5-7-20(28)23(19)24(22)21-12-16(15(3)32-21)13-31-18-10-8-17(26)9-11-18/h8-12,24,27H,4-7,13H2,1-3H3/t24-/m1/s1. The number of ether oxygens (including phenoxy) is 1. The Hall–Kier alpha value is -2.02. The summed E-state index contributed by atoms with van der Waals surface area (Å²) in [5.74, 6) is 0.222. The molecule has 1 aliphatic heterocycles. The Labute approximate surface area is 202 Å². The van der Waals surface area contributed by atoms with Crippen LogP contribution >= 0.6 is 34.7 Å². The molecular weight excluding hydrogens is 462 g/mol. The van der Waals surface area contributed by atoms with Crippen LogP contribution in [0.5, 0.6) is 0 Å². The number of ketones is 1. The molecule has 2 heterocycles. The number of thiophene rings is 1. The van der Waals surface area contributed by atoms with Crippen molar-refractivity contribution in [2.75, 3.05) is 6.61 Å². The molecule has 7 heteroatoms. The number of allylic oxidation sites excluding steroid dienone is 3. The van der Waals surface area contributed by atoms with Crippen molar-refractivity contribution in [3.63, 3.8) is 0 Å². The van der Waals surface area contributed by atoms with Crippen LogP contribution in [0, 0.1) is 6.92 Å². The number of halogens is 1. The monoisotopic (exact) mass is 487 g/mol. The highest BCUT2D eigenvalue weighted by Crippen LogP contribution is 2.45. The number of esters is 1. The zero-order chi connectivity index (χ0) is 22.8. The molecule has 0 saturated carbocycles. The zero-order valence-corrected chi connectivity index (χ0v) is 20.8. The predicted octanol–water partition coefficient (Wildman–Crippen LogP) is 6.53. The molecule has 0 spiro atoms. The highest BCUT2D eigenvalue weighted by molar-refractivity contribution is 7.98. The third-order valence-electron chi connectivity index (χ3n) is 5.80.